The molecule has 0 radical (unpaired) electrons. The van der Waals surface area contributed by atoms with E-state index in [1.807, 2.05) is 0 Å². The van der Waals surface area contributed by atoms with Crippen molar-refractivity contribution in [3.8, 4) is 0 Å². The van der Waals surface area contributed by atoms with E-state index in [1.54, 1.807) is 0 Å². The Balaban J connectivity index is 0.00000144. The van der Waals surface area contributed by atoms with E-state index >= 15 is 0 Å². The first kappa shape index (κ1) is 13.2. The van der Waals surface area contributed by atoms with E-state index in [0.29, 0.717) is 5.54 Å². The average Bonchev–Trinajstić information content (AvgIpc) is 2.00. The lowest BCUT2D eigenvalue weighted by molar-refractivity contribution is -0.740. The molecule has 0 saturated heterocycles. The van der Waals surface area contributed by atoms with E-state index in [4.69, 9.17) is 0 Å². The van der Waals surface area contributed by atoms with Gasteiger partial charge in [0.1, 0.15) is 0 Å². The minimum atomic E-state index is 0. The highest BCUT2D eigenvalue weighted by Gasteiger charge is 2.38. The highest BCUT2D eigenvalue weighted by molar-refractivity contribution is 4.86. The van der Waals surface area contributed by atoms with E-state index < -0.39 is 0 Å². The van der Waals surface area contributed by atoms with Gasteiger partial charge in [0, 0.05) is 19.3 Å². The van der Waals surface area contributed by atoms with Gasteiger partial charge in [-0.25, -0.2) is 0 Å². The second-order valence-electron chi connectivity index (χ2n) is 4.31. The first-order valence-electron chi connectivity index (χ1n) is 5.67. The number of nitrogens with two attached hydrogens (primary N) is 1. The van der Waals surface area contributed by atoms with Crippen LogP contribution in [0, 0.1) is 0 Å². The van der Waals surface area contributed by atoms with Crippen LogP contribution >= 0.6 is 0 Å². The molecule has 0 aromatic carbocycles. The molecule has 0 aromatic heterocycles. The summed E-state index contributed by atoms with van der Waals surface area (Å²) in [5.74, 6) is 0. The van der Waals surface area contributed by atoms with Gasteiger partial charge in [0.15, 0.2) is 0 Å². The molecule has 0 atom stereocenters. The van der Waals surface area contributed by atoms with Crippen LogP contribution in [0.2, 0.25) is 0 Å². The average molecular weight is 206 g/mol. The van der Waals surface area contributed by atoms with Crippen molar-refractivity contribution in [2.24, 2.45) is 0 Å². The van der Waals surface area contributed by atoms with E-state index in [2.05, 4.69) is 19.2 Å². The molecule has 0 bridgehead atoms. The normalized spacial score (nSPS) is 18.9. The molecule has 1 aliphatic carbocycles. The van der Waals surface area contributed by atoms with Crippen molar-refractivity contribution in [3.05, 3.63) is 0 Å². The van der Waals surface area contributed by atoms with Crippen molar-refractivity contribution in [2.75, 3.05) is 6.54 Å². The van der Waals surface area contributed by atoms with Crippen molar-refractivity contribution in [2.45, 2.75) is 64.3 Å². The molecule has 1 fully saturated rings. The summed E-state index contributed by atoms with van der Waals surface area (Å²) in [7, 11) is 0. The predicted octanol–water partition coefficient (Wildman–Crippen LogP) is -0.923. The number of quaternary nitrogens is 1. The van der Waals surface area contributed by atoms with E-state index in [-0.39, 0.29) is 12.4 Å². The highest BCUT2D eigenvalue weighted by atomic mass is 35.5. The molecule has 0 amide bonds. The zero-order chi connectivity index (χ0) is 8.86. The van der Waals surface area contributed by atoms with Crippen molar-refractivity contribution >= 4 is 0 Å². The molecule has 80 valence electrons. The predicted molar refractivity (Wildman–Crippen MR) is 53.2 cm³/mol. The van der Waals surface area contributed by atoms with Gasteiger partial charge in [-0.1, -0.05) is 26.7 Å². The number of unbranched alkanes of at least 4 members (excludes halogenated alkanes) is 1. The summed E-state index contributed by atoms with van der Waals surface area (Å²) in [6.45, 7) is 5.95. The summed E-state index contributed by atoms with van der Waals surface area (Å²) < 4.78 is 0. The van der Waals surface area contributed by atoms with Gasteiger partial charge in [-0.2, -0.15) is 0 Å². The monoisotopic (exact) mass is 205 g/mol. The molecule has 2 N–H and O–H groups in total. The molecule has 0 spiro atoms. The fourth-order valence-corrected chi connectivity index (χ4v) is 2.30. The largest absolute Gasteiger partial charge is 1.00 e. The molecule has 0 heterocycles. The van der Waals surface area contributed by atoms with Gasteiger partial charge in [-0.05, 0) is 12.8 Å². The smallest absolute Gasteiger partial charge is 0.0961 e. The van der Waals surface area contributed by atoms with E-state index in [0.717, 1.165) is 0 Å². The SMILES string of the molecule is CCCC[NH2+]C1(CCC)CCC1.[Cl-]. The van der Waals surface area contributed by atoms with Crippen LogP contribution in [-0.4, -0.2) is 12.1 Å². The number of halogens is 1. The fraction of sp³-hybridized carbons (Fsp3) is 1.00. The molecule has 1 saturated carbocycles. The van der Waals surface area contributed by atoms with Gasteiger partial charge in [0.05, 0.1) is 12.1 Å². The Labute approximate surface area is 89.1 Å². The number of rotatable bonds is 6. The van der Waals surface area contributed by atoms with Crippen LogP contribution in [-0.2, 0) is 0 Å². The Bertz CT molecular complexity index is 121. The van der Waals surface area contributed by atoms with Crippen LogP contribution in [0.1, 0.15) is 58.8 Å². The second kappa shape index (κ2) is 6.67. The lowest BCUT2D eigenvalue weighted by Gasteiger charge is -2.39. The van der Waals surface area contributed by atoms with Gasteiger partial charge in [0.25, 0.3) is 0 Å². The molecular weight excluding hydrogens is 182 g/mol. The lowest BCUT2D eigenvalue weighted by Crippen LogP contribution is -3.00. The van der Waals surface area contributed by atoms with Gasteiger partial charge >= 0.3 is 0 Å². The molecule has 0 unspecified atom stereocenters. The summed E-state index contributed by atoms with van der Waals surface area (Å²) in [5, 5.41) is 2.63. The Morgan fingerprint density at radius 3 is 2.23 bits per heavy atom. The van der Waals surface area contributed by atoms with E-state index in [1.165, 1.54) is 51.5 Å². The standard InChI is InChI=1S/C11H23N.ClH/c1-3-5-10-12-11(7-4-2)8-6-9-11;/h12H,3-10H2,1-2H3;1H. The maximum Gasteiger partial charge on any atom is 0.0961 e. The minimum absolute atomic E-state index is 0. The second-order valence-corrected chi connectivity index (χ2v) is 4.31. The fourth-order valence-electron chi connectivity index (χ4n) is 2.30. The maximum absolute atomic E-state index is 2.63. The lowest BCUT2D eigenvalue weighted by atomic mass is 9.73. The third kappa shape index (κ3) is 3.86. The molecule has 13 heavy (non-hydrogen) atoms. The molecule has 0 aliphatic heterocycles. The highest BCUT2D eigenvalue weighted by Crippen LogP contribution is 2.31. The Morgan fingerprint density at radius 2 is 1.85 bits per heavy atom. The van der Waals surface area contributed by atoms with Crippen LogP contribution in [0.5, 0.6) is 0 Å². The molecule has 1 aliphatic rings. The van der Waals surface area contributed by atoms with Gasteiger partial charge in [0.2, 0.25) is 0 Å². The first-order valence-corrected chi connectivity index (χ1v) is 5.67. The Kier molecular flexibility index (Phi) is 6.79. The van der Waals surface area contributed by atoms with Gasteiger partial charge in [-0.3, -0.25) is 0 Å². The van der Waals surface area contributed by atoms with Crippen LogP contribution in [0.15, 0.2) is 0 Å². The van der Waals surface area contributed by atoms with Crippen LogP contribution in [0.25, 0.3) is 0 Å². The Hall–Kier alpha value is 0.250. The maximum atomic E-state index is 2.63. The van der Waals surface area contributed by atoms with Crippen molar-refractivity contribution in [1.29, 1.82) is 0 Å². The minimum Gasteiger partial charge on any atom is -1.00 e. The van der Waals surface area contributed by atoms with Gasteiger partial charge < -0.3 is 17.7 Å². The third-order valence-corrected chi connectivity index (χ3v) is 3.23. The van der Waals surface area contributed by atoms with E-state index in [9.17, 15) is 0 Å². The molecule has 1 rings (SSSR count). The van der Waals surface area contributed by atoms with Crippen LogP contribution in [0.3, 0.4) is 0 Å². The summed E-state index contributed by atoms with van der Waals surface area (Å²) in [5.41, 5.74) is 0.698. The van der Waals surface area contributed by atoms with Crippen LogP contribution < -0.4 is 17.7 Å². The zero-order valence-electron chi connectivity index (χ0n) is 9.11. The van der Waals surface area contributed by atoms with Crippen molar-refractivity contribution in [1.82, 2.24) is 0 Å². The molecular formula is C11H24ClN. The number of hydrogen-bond acceptors (Lipinski definition) is 0. The summed E-state index contributed by atoms with van der Waals surface area (Å²) >= 11 is 0. The molecule has 1 nitrogen and oxygen atoms in total. The Morgan fingerprint density at radius 1 is 1.15 bits per heavy atom. The first-order chi connectivity index (χ1) is 5.83. The molecule has 2 heteroatoms. The molecule has 0 aromatic rings. The topological polar surface area (TPSA) is 16.6 Å². The zero-order valence-corrected chi connectivity index (χ0v) is 9.87. The quantitative estimate of drug-likeness (QED) is 0.541. The third-order valence-electron chi connectivity index (χ3n) is 3.23. The van der Waals surface area contributed by atoms with Crippen molar-refractivity contribution < 1.29 is 17.7 Å². The summed E-state index contributed by atoms with van der Waals surface area (Å²) in [4.78, 5) is 0. The summed E-state index contributed by atoms with van der Waals surface area (Å²) in [6.07, 6.45) is 9.97. The number of hydrogen-bond donors (Lipinski definition) is 1. The van der Waals surface area contributed by atoms with Gasteiger partial charge in [-0.15, -0.1) is 0 Å². The van der Waals surface area contributed by atoms with Crippen LogP contribution in [0.4, 0.5) is 0 Å². The van der Waals surface area contributed by atoms with Crippen molar-refractivity contribution in [3.63, 3.8) is 0 Å². The summed E-state index contributed by atoms with van der Waals surface area (Å²) in [6, 6.07) is 0.